The summed E-state index contributed by atoms with van der Waals surface area (Å²) in [5, 5.41) is 3.23. The third kappa shape index (κ3) is 4.62. The SMILES string of the molecule is CCOC(=O)C(C)(COC)NC(C)CC. The van der Waals surface area contributed by atoms with Crippen LogP contribution in [0.25, 0.3) is 0 Å². The van der Waals surface area contributed by atoms with E-state index in [0.717, 1.165) is 6.42 Å². The number of rotatable bonds is 7. The maximum absolute atomic E-state index is 11.7. The molecule has 0 spiro atoms. The zero-order chi connectivity index (χ0) is 11.9. The minimum atomic E-state index is -0.750. The molecule has 0 heterocycles. The van der Waals surface area contributed by atoms with Gasteiger partial charge in [0.2, 0.25) is 0 Å². The number of hydrogen-bond donors (Lipinski definition) is 1. The van der Waals surface area contributed by atoms with Crippen LogP contribution in [0.5, 0.6) is 0 Å². The fourth-order valence-electron chi connectivity index (χ4n) is 1.38. The van der Waals surface area contributed by atoms with Crippen molar-refractivity contribution >= 4 is 5.97 Å². The largest absolute Gasteiger partial charge is 0.465 e. The van der Waals surface area contributed by atoms with Crippen molar-refractivity contribution in [3.8, 4) is 0 Å². The van der Waals surface area contributed by atoms with E-state index in [2.05, 4.69) is 12.2 Å². The molecular formula is C11H23NO3. The molecule has 2 atom stereocenters. The van der Waals surface area contributed by atoms with Crippen LogP contribution in [0.2, 0.25) is 0 Å². The first kappa shape index (κ1) is 14.4. The highest BCUT2D eigenvalue weighted by molar-refractivity contribution is 5.80. The number of methoxy groups -OCH3 is 1. The Hall–Kier alpha value is -0.610. The quantitative estimate of drug-likeness (QED) is 0.654. The van der Waals surface area contributed by atoms with Crippen LogP contribution < -0.4 is 5.32 Å². The molecule has 15 heavy (non-hydrogen) atoms. The lowest BCUT2D eigenvalue weighted by Crippen LogP contribution is -2.56. The number of carbonyl (C=O) groups is 1. The van der Waals surface area contributed by atoms with Gasteiger partial charge in [0.15, 0.2) is 0 Å². The molecule has 0 aromatic rings. The van der Waals surface area contributed by atoms with Gasteiger partial charge in [-0.3, -0.25) is 5.32 Å². The van der Waals surface area contributed by atoms with Crippen molar-refractivity contribution in [3.63, 3.8) is 0 Å². The molecule has 2 unspecified atom stereocenters. The van der Waals surface area contributed by atoms with Gasteiger partial charge in [-0.2, -0.15) is 0 Å². The predicted molar refractivity (Wildman–Crippen MR) is 59.8 cm³/mol. The van der Waals surface area contributed by atoms with Gasteiger partial charge in [0.1, 0.15) is 5.54 Å². The third-order valence-corrected chi connectivity index (χ3v) is 2.34. The van der Waals surface area contributed by atoms with E-state index in [1.165, 1.54) is 0 Å². The normalized spacial score (nSPS) is 16.9. The topological polar surface area (TPSA) is 47.6 Å². The summed E-state index contributed by atoms with van der Waals surface area (Å²) >= 11 is 0. The lowest BCUT2D eigenvalue weighted by molar-refractivity contribution is -0.153. The van der Waals surface area contributed by atoms with Gasteiger partial charge >= 0.3 is 5.97 Å². The molecule has 0 aliphatic heterocycles. The number of esters is 1. The molecule has 90 valence electrons. The van der Waals surface area contributed by atoms with Crippen LogP contribution in [0.1, 0.15) is 34.1 Å². The van der Waals surface area contributed by atoms with Crippen LogP contribution >= 0.6 is 0 Å². The van der Waals surface area contributed by atoms with E-state index >= 15 is 0 Å². The molecule has 0 aliphatic carbocycles. The molecule has 0 aromatic carbocycles. The number of carbonyl (C=O) groups excluding carboxylic acids is 1. The standard InChI is InChI=1S/C11H23NO3/c1-6-9(3)12-11(4,8-14-5)10(13)15-7-2/h9,12H,6-8H2,1-5H3. The van der Waals surface area contributed by atoms with Gasteiger partial charge in [-0.15, -0.1) is 0 Å². The van der Waals surface area contributed by atoms with E-state index in [1.807, 2.05) is 6.92 Å². The zero-order valence-corrected chi connectivity index (χ0v) is 10.4. The highest BCUT2D eigenvalue weighted by Gasteiger charge is 2.35. The Bertz CT molecular complexity index is 196. The van der Waals surface area contributed by atoms with E-state index in [0.29, 0.717) is 13.2 Å². The Balaban J connectivity index is 4.49. The van der Waals surface area contributed by atoms with Crippen molar-refractivity contribution in [1.82, 2.24) is 5.32 Å². The number of nitrogens with one attached hydrogen (secondary N) is 1. The molecule has 0 rings (SSSR count). The Labute approximate surface area is 92.3 Å². The summed E-state index contributed by atoms with van der Waals surface area (Å²) in [5.74, 6) is -0.257. The maximum Gasteiger partial charge on any atom is 0.328 e. The molecular weight excluding hydrogens is 194 g/mol. The van der Waals surface area contributed by atoms with Gasteiger partial charge in [0, 0.05) is 13.2 Å². The maximum atomic E-state index is 11.7. The van der Waals surface area contributed by atoms with Crippen molar-refractivity contribution in [2.45, 2.75) is 45.7 Å². The van der Waals surface area contributed by atoms with E-state index in [1.54, 1.807) is 21.0 Å². The van der Waals surface area contributed by atoms with Gasteiger partial charge in [-0.1, -0.05) is 6.92 Å². The summed E-state index contributed by atoms with van der Waals surface area (Å²) in [6.07, 6.45) is 0.957. The van der Waals surface area contributed by atoms with Crippen molar-refractivity contribution in [1.29, 1.82) is 0 Å². The van der Waals surface area contributed by atoms with Gasteiger partial charge < -0.3 is 9.47 Å². The van der Waals surface area contributed by atoms with Gasteiger partial charge in [-0.05, 0) is 27.2 Å². The first-order valence-corrected chi connectivity index (χ1v) is 5.44. The Morgan fingerprint density at radius 2 is 2.07 bits per heavy atom. The van der Waals surface area contributed by atoms with Crippen LogP contribution in [0.15, 0.2) is 0 Å². The van der Waals surface area contributed by atoms with Crippen molar-refractivity contribution in [2.75, 3.05) is 20.3 Å². The number of ether oxygens (including phenoxy) is 2. The van der Waals surface area contributed by atoms with Gasteiger partial charge in [-0.25, -0.2) is 4.79 Å². The van der Waals surface area contributed by atoms with E-state index < -0.39 is 5.54 Å². The molecule has 0 saturated heterocycles. The van der Waals surface area contributed by atoms with Crippen LogP contribution in [0.4, 0.5) is 0 Å². The summed E-state index contributed by atoms with van der Waals surface area (Å²) in [6.45, 7) is 8.41. The summed E-state index contributed by atoms with van der Waals surface area (Å²) in [6, 6.07) is 0.259. The molecule has 0 fully saturated rings. The molecule has 0 aliphatic rings. The fourth-order valence-corrected chi connectivity index (χ4v) is 1.38. The van der Waals surface area contributed by atoms with Crippen LogP contribution in [0, 0.1) is 0 Å². The number of hydrogen-bond acceptors (Lipinski definition) is 4. The van der Waals surface area contributed by atoms with Crippen molar-refractivity contribution < 1.29 is 14.3 Å². The minimum absolute atomic E-state index is 0.257. The molecule has 0 saturated carbocycles. The Morgan fingerprint density at radius 3 is 2.47 bits per heavy atom. The smallest absolute Gasteiger partial charge is 0.328 e. The second kappa shape index (κ2) is 6.80. The molecule has 4 nitrogen and oxygen atoms in total. The monoisotopic (exact) mass is 217 g/mol. The lowest BCUT2D eigenvalue weighted by atomic mass is 10.0. The minimum Gasteiger partial charge on any atom is -0.465 e. The molecule has 1 N–H and O–H groups in total. The summed E-state index contributed by atoms with van der Waals surface area (Å²) in [5.41, 5.74) is -0.750. The van der Waals surface area contributed by atoms with E-state index in [9.17, 15) is 4.79 Å². The second-order valence-corrected chi connectivity index (χ2v) is 3.94. The highest BCUT2D eigenvalue weighted by Crippen LogP contribution is 2.10. The first-order chi connectivity index (χ1) is 7.00. The average molecular weight is 217 g/mol. The fraction of sp³-hybridized carbons (Fsp3) is 0.909. The average Bonchev–Trinajstić information content (AvgIpc) is 2.18. The third-order valence-electron chi connectivity index (χ3n) is 2.34. The van der Waals surface area contributed by atoms with E-state index in [-0.39, 0.29) is 12.0 Å². The summed E-state index contributed by atoms with van der Waals surface area (Å²) in [4.78, 5) is 11.7. The molecule has 0 amide bonds. The Morgan fingerprint density at radius 1 is 1.47 bits per heavy atom. The van der Waals surface area contributed by atoms with Gasteiger partial charge in [0.25, 0.3) is 0 Å². The zero-order valence-electron chi connectivity index (χ0n) is 10.4. The van der Waals surface area contributed by atoms with Crippen LogP contribution in [0.3, 0.4) is 0 Å². The van der Waals surface area contributed by atoms with Gasteiger partial charge in [0.05, 0.1) is 13.2 Å². The van der Waals surface area contributed by atoms with Crippen molar-refractivity contribution in [2.24, 2.45) is 0 Å². The molecule has 0 bridgehead atoms. The highest BCUT2D eigenvalue weighted by atomic mass is 16.5. The first-order valence-electron chi connectivity index (χ1n) is 5.44. The second-order valence-electron chi connectivity index (χ2n) is 3.94. The lowest BCUT2D eigenvalue weighted by Gasteiger charge is -2.30. The Kier molecular flexibility index (Phi) is 6.52. The molecule has 0 radical (unpaired) electrons. The van der Waals surface area contributed by atoms with E-state index in [4.69, 9.17) is 9.47 Å². The molecule has 0 aromatic heterocycles. The van der Waals surface area contributed by atoms with Crippen LogP contribution in [-0.4, -0.2) is 37.9 Å². The van der Waals surface area contributed by atoms with Crippen molar-refractivity contribution in [3.05, 3.63) is 0 Å². The summed E-state index contributed by atoms with van der Waals surface area (Å²) in [7, 11) is 1.58. The predicted octanol–water partition coefficient (Wildman–Crippen LogP) is 1.34. The van der Waals surface area contributed by atoms with Crippen LogP contribution in [-0.2, 0) is 14.3 Å². The molecule has 4 heteroatoms. The summed E-state index contributed by atoms with van der Waals surface area (Å²) < 4.78 is 10.1.